The molecule has 6 nitrogen and oxygen atoms in total. The molecule has 1 fully saturated rings. The van der Waals surface area contributed by atoms with Gasteiger partial charge in [0.2, 0.25) is 0 Å². The minimum absolute atomic E-state index is 0.178. The summed E-state index contributed by atoms with van der Waals surface area (Å²) in [5.41, 5.74) is 0.499. The van der Waals surface area contributed by atoms with Gasteiger partial charge in [-0.15, -0.1) is 0 Å². The van der Waals surface area contributed by atoms with Crippen LogP contribution in [0.15, 0.2) is 24.3 Å². The normalized spacial score (nSPS) is 24.4. The van der Waals surface area contributed by atoms with Crippen molar-refractivity contribution >= 4 is 17.8 Å². The molecule has 1 saturated carbocycles. The van der Waals surface area contributed by atoms with Crippen LogP contribution in [0.3, 0.4) is 0 Å². The highest BCUT2D eigenvalue weighted by Crippen LogP contribution is 2.35. The maximum absolute atomic E-state index is 11.9. The molecule has 6 heteroatoms. The third-order valence-corrected chi connectivity index (χ3v) is 3.28. The minimum atomic E-state index is -0.610. The third kappa shape index (κ3) is 1.80. The first-order chi connectivity index (χ1) is 9.13. The second-order valence-electron chi connectivity index (χ2n) is 4.48. The molecule has 19 heavy (non-hydrogen) atoms. The van der Waals surface area contributed by atoms with Crippen LogP contribution in [0, 0.1) is 5.92 Å². The van der Waals surface area contributed by atoms with Crippen molar-refractivity contribution in [2.45, 2.75) is 12.5 Å². The average molecular weight is 261 g/mol. The van der Waals surface area contributed by atoms with Gasteiger partial charge in [-0.2, -0.15) is 0 Å². The van der Waals surface area contributed by atoms with Gasteiger partial charge in [-0.05, 0) is 18.6 Å². The Hall–Kier alpha value is -2.21. The number of nitrogens with zero attached hydrogens (tertiary/aromatic N) is 1. The molecule has 2 amide bonds. The Bertz CT molecular complexity index is 547. The Kier molecular flexibility index (Phi) is 2.60. The summed E-state index contributed by atoms with van der Waals surface area (Å²) in [7, 11) is 1.50. The van der Waals surface area contributed by atoms with Gasteiger partial charge in [0.15, 0.2) is 0 Å². The fourth-order valence-corrected chi connectivity index (χ4v) is 2.09. The molecule has 2 aliphatic rings. The predicted octanol–water partition coefficient (Wildman–Crippen LogP) is 0.776. The van der Waals surface area contributed by atoms with Crippen LogP contribution in [-0.2, 0) is 14.4 Å². The van der Waals surface area contributed by atoms with Crippen LogP contribution in [0.4, 0.5) is 0 Å². The number of amides is 2. The van der Waals surface area contributed by atoms with Crippen LogP contribution < -0.4 is 0 Å². The van der Waals surface area contributed by atoms with E-state index in [1.165, 1.54) is 19.2 Å². The van der Waals surface area contributed by atoms with E-state index in [9.17, 15) is 14.4 Å². The summed E-state index contributed by atoms with van der Waals surface area (Å²) in [6.45, 7) is 0. The highest BCUT2D eigenvalue weighted by molar-refractivity contribution is 6.20. The Morgan fingerprint density at radius 3 is 2.26 bits per heavy atom. The van der Waals surface area contributed by atoms with Crippen LogP contribution in [0.1, 0.15) is 27.1 Å². The number of ether oxygens (including phenoxy) is 1. The first kappa shape index (κ1) is 11.9. The van der Waals surface area contributed by atoms with E-state index in [1.54, 1.807) is 12.1 Å². The van der Waals surface area contributed by atoms with E-state index in [-0.39, 0.29) is 17.2 Å². The van der Waals surface area contributed by atoms with E-state index < -0.39 is 23.7 Å². The first-order valence-electron chi connectivity index (χ1n) is 5.86. The smallest absolute Gasteiger partial charge is 0.338 e. The summed E-state index contributed by atoms with van der Waals surface area (Å²) in [6.07, 6.45) is 0.376. The molecule has 0 bridgehead atoms. The number of hydroxylamine groups is 2. The van der Waals surface area contributed by atoms with Gasteiger partial charge in [-0.25, -0.2) is 4.79 Å². The number of carbonyl (C=O) groups excluding carboxylic acids is 3. The molecule has 1 aromatic carbocycles. The fourth-order valence-electron chi connectivity index (χ4n) is 2.09. The number of methoxy groups -OCH3 is 1. The molecule has 98 valence electrons. The molecular weight excluding hydrogens is 250 g/mol. The summed E-state index contributed by atoms with van der Waals surface area (Å²) in [5, 5.41) is 0.526. The van der Waals surface area contributed by atoms with E-state index in [4.69, 9.17) is 9.57 Å². The lowest BCUT2D eigenvalue weighted by molar-refractivity contribution is -0.171. The molecule has 0 radical (unpaired) electrons. The van der Waals surface area contributed by atoms with Crippen LogP contribution in [0.2, 0.25) is 0 Å². The number of fused-ring (bicyclic) bond motifs is 1. The maximum atomic E-state index is 11.9. The highest BCUT2D eigenvalue weighted by atomic mass is 16.7. The molecule has 0 N–H and O–H groups in total. The molecule has 1 aliphatic heterocycles. The maximum Gasteiger partial charge on any atom is 0.338 e. The Labute approximate surface area is 108 Å². The zero-order valence-electron chi connectivity index (χ0n) is 10.2. The standard InChI is InChI=1S/C13H11NO5/c1-18-10-6-9(10)13(17)19-14-11(15)7-4-2-3-5-8(7)12(14)16/h2-5,9-10H,6H2,1H3/t9-,10-/m1/s1. The van der Waals surface area contributed by atoms with Crippen molar-refractivity contribution in [3.8, 4) is 0 Å². The molecule has 1 aromatic rings. The predicted molar refractivity (Wildman–Crippen MR) is 61.9 cm³/mol. The van der Waals surface area contributed by atoms with Crippen molar-refractivity contribution in [1.82, 2.24) is 5.06 Å². The molecular formula is C13H11NO5. The minimum Gasteiger partial charge on any atom is -0.381 e. The van der Waals surface area contributed by atoms with E-state index in [1.807, 2.05) is 0 Å². The first-order valence-corrected chi connectivity index (χ1v) is 5.86. The largest absolute Gasteiger partial charge is 0.381 e. The molecule has 1 heterocycles. The average Bonchev–Trinajstić information content (AvgIpc) is 3.18. The van der Waals surface area contributed by atoms with Gasteiger partial charge in [0.1, 0.15) is 0 Å². The van der Waals surface area contributed by atoms with Gasteiger partial charge in [0.25, 0.3) is 11.8 Å². The number of carbonyl (C=O) groups is 3. The van der Waals surface area contributed by atoms with Crippen LogP contribution in [-0.4, -0.2) is 36.1 Å². The summed E-state index contributed by atoms with van der Waals surface area (Å²) in [5.74, 6) is -2.22. The number of imide groups is 1. The van der Waals surface area contributed by atoms with Crippen molar-refractivity contribution in [2.75, 3.05) is 7.11 Å². The summed E-state index contributed by atoms with van der Waals surface area (Å²) in [6, 6.07) is 6.35. The Morgan fingerprint density at radius 2 is 1.79 bits per heavy atom. The Balaban J connectivity index is 1.76. The van der Waals surface area contributed by atoms with E-state index in [2.05, 4.69) is 0 Å². The lowest BCUT2D eigenvalue weighted by atomic mass is 10.1. The number of rotatable bonds is 3. The topological polar surface area (TPSA) is 72.9 Å². The third-order valence-electron chi connectivity index (χ3n) is 3.28. The molecule has 3 rings (SSSR count). The molecule has 2 atom stereocenters. The fraction of sp³-hybridized carbons (Fsp3) is 0.308. The van der Waals surface area contributed by atoms with Gasteiger partial charge in [-0.1, -0.05) is 17.2 Å². The molecule has 0 aromatic heterocycles. The highest BCUT2D eigenvalue weighted by Gasteiger charge is 2.48. The molecule has 0 unspecified atom stereocenters. The number of hydrogen-bond donors (Lipinski definition) is 0. The second kappa shape index (κ2) is 4.17. The monoisotopic (exact) mass is 261 g/mol. The van der Waals surface area contributed by atoms with Gasteiger partial charge in [0.05, 0.1) is 23.1 Å². The molecule has 0 spiro atoms. The van der Waals surface area contributed by atoms with Crippen LogP contribution >= 0.6 is 0 Å². The lowest BCUT2D eigenvalue weighted by Gasteiger charge is -2.12. The molecule has 0 saturated heterocycles. The summed E-state index contributed by atoms with van der Waals surface area (Å²) < 4.78 is 4.99. The van der Waals surface area contributed by atoms with Crippen molar-refractivity contribution in [3.63, 3.8) is 0 Å². The van der Waals surface area contributed by atoms with Crippen molar-refractivity contribution in [1.29, 1.82) is 0 Å². The number of hydrogen-bond acceptors (Lipinski definition) is 5. The van der Waals surface area contributed by atoms with Gasteiger partial charge in [-0.3, -0.25) is 9.59 Å². The summed E-state index contributed by atoms with van der Waals surface area (Å²) >= 11 is 0. The number of benzene rings is 1. The van der Waals surface area contributed by atoms with Crippen molar-refractivity contribution < 1.29 is 24.0 Å². The van der Waals surface area contributed by atoms with Gasteiger partial charge in [0, 0.05) is 7.11 Å². The summed E-state index contributed by atoms with van der Waals surface area (Å²) in [4.78, 5) is 40.5. The molecule has 1 aliphatic carbocycles. The van der Waals surface area contributed by atoms with E-state index in [0.717, 1.165) is 0 Å². The quantitative estimate of drug-likeness (QED) is 0.752. The lowest BCUT2D eigenvalue weighted by Crippen LogP contribution is -2.33. The van der Waals surface area contributed by atoms with Gasteiger partial charge >= 0.3 is 5.97 Å². The van der Waals surface area contributed by atoms with E-state index in [0.29, 0.717) is 11.5 Å². The van der Waals surface area contributed by atoms with Crippen molar-refractivity contribution in [2.24, 2.45) is 5.92 Å². The van der Waals surface area contributed by atoms with Gasteiger partial charge < -0.3 is 9.57 Å². The van der Waals surface area contributed by atoms with Crippen LogP contribution in [0.25, 0.3) is 0 Å². The van der Waals surface area contributed by atoms with E-state index >= 15 is 0 Å². The van der Waals surface area contributed by atoms with Crippen LogP contribution in [0.5, 0.6) is 0 Å². The second-order valence-corrected chi connectivity index (χ2v) is 4.48. The van der Waals surface area contributed by atoms with Crippen molar-refractivity contribution in [3.05, 3.63) is 35.4 Å². The zero-order chi connectivity index (χ0) is 13.6. The SMILES string of the molecule is CO[C@@H]1C[C@H]1C(=O)ON1C(=O)c2ccccc2C1=O. The zero-order valence-corrected chi connectivity index (χ0v) is 10.2. The Morgan fingerprint density at radius 1 is 1.21 bits per heavy atom.